The summed E-state index contributed by atoms with van der Waals surface area (Å²) in [4.78, 5) is 24.2. The van der Waals surface area contributed by atoms with Gasteiger partial charge in [-0.3, -0.25) is 5.32 Å². The molecule has 2 rings (SSSR count). The zero-order valence-electron chi connectivity index (χ0n) is 14.1. The number of ether oxygens (including phenoxy) is 2. The Morgan fingerprint density at radius 2 is 1.84 bits per heavy atom. The fraction of sp³-hybridized carbons (Fsp3) is 0.294. The van der Waals surface area contributed by atoms with E-state index in [2.05, 4.69) is 10.1 Å². The number of esters is 1. The number of hydrogen-bond acceptors (Lipinski definition) is 5. The molecule has 1 N–H and O–H groups in total. The van der Waals surface area contributed by atoms with Crippen molar-refractivity contribution in [1.82, 2.24) is 0 Å². The van der Waals surface area contributed by atoms with Crippen LogP contribution in [0.4, 0.5) is 18.6 Å². The smallest absolute Gasteiger partial charge is 0.412 e. The van der Waals surface area contributed by atoms with E-state index in [-0.39, 0.29) is 16.1 Å². The van der Waals surface area contributed by atoms with E-state index in [1.165, 1.54) is 19.2 Å². The molecule has 8 heteroatoms. The van der Waals surface area contributed by atoms with Gasteiger partial charge in [0.25, 0.3) is 0 Å². The van der Waals surface area contributed by atoms with Crippen LogP contribution in [-0.2, 0) is 9.47 Å². The molecule has 25 heavy (non-hydrogen) atoms. The first-order valence-corrected chi connectivity index (χ1v) is 8.10. The van der Waals surface area contributed by atoms with E-state index in [1.54, 1.807) is 20.8 Å². The van der Waals surface area contributed by atoms with Gasteiger partial charge in [0.1, 0.15) is 22.2 Å². The van der Waals surface area contributed by atoms with Gasteiger partial charge in [-0.25, -0.2) is 18.4 Å². The van der Waals surface area contributed by atoms with Crippen LogP contribution in [0.3, 0.4) is 0 Å². The molecule has 1 aromatic heterocycles. The monoisotopic (exact) mass is 369 g/mol. The van der Waals surface area contributed by atoms with E-state index >= 15 is 0 Å². The van der Waals surface area contributed by atoms with Crippen LogP contribution >= 0.6 is 11.3 Å². The standard InChI is InChI=1S/C17H17F2NO4S/c1-17(2,3)24-16(22)20-14-11(15(21)23-4)8-13(25-14)10-6-5-9(18)7-12(10)19/h5-8H,1-4H3,(H,20,22). The Kier molecular flexibility index (Phi) is 5.42. The molecule has 0 spiro atoms. The van der Waals surface area contributed by atoms with Gasteiger partial charge in [0, 0.05) is 16.5 Å². The SMILES string of the molecule is COC(=O)c1cc(-c2ccc(F)cc2F)sc1NC(=O)OC(C)(C)C. The number of methoxy groups -OCH3 is 1. The molecule has 0 aliphatic carbocycles. The second-order valence-electron chi connectivity index (χ2n) is 6.10. The summed E-state index contributed by atoms with van der Waals surface area (Å²) in [7, 11) is 1.19. The number of rotatable bonds is 3. The molecule has 0 aliphatic heterocycles. The van der Waals surface area contributed by atoms with Crippen molar-refractivity contribution in [3.8, 4) is 10.4 Å². The first-order valence-electron chi connectivity index (χ1n) is 7.28. The zero-order chi connectivity index (χ0) is 18.8. The molecule has 1 amide bonds. The molecule has 1 heterocycles. The summed E-state index contributed by atoms with van der Waals surface area (Å²) in [5, 5.41) is 2.62. The Bertz CT molecular complexity index is 811. The molecule has 0 saturated carbocycles. The molecule has 134 valence electrons. The summed E-state index contributed by atoms with van der Waals surface area (Å²) < 4.78 is 36.9. The number of hydrogen-bond donors (Lipinski definition) is 1. The minimum absolute atomic E-state index is 0.0529. The van der Waals surface area contributed by atoms with Gasteiger partial charge in [0.2, 0.25) is 0 Å². The van der Waals surface area contributed by atoms with Gasteiger partial charge in [0.15, 0.2) is 0 Å². The van der Waals surface area contributed by atoms with Crippen molar-refractivity contribution in [2.75, 3.05) is 12.4 Å². The topological polar surface area (TPSA) is 64.6 Å². The summed E-state index contributed by atoms with van der Waals surface area (Å²) in [5.41, 5.74) is -0.565. The molecule has 0 saturated heterocycles. The number of amides is 1. The number of anilines is 1. The maximum Gasteiger partial charge on any atom is 0.412 e. The van der Waals surface area contributed by atoms with Gasteiger partial charge < -0.3 is 9.47 Å². The van der Waals surface area contributed by atoms with Crippen molar-refractivity contribution in [3.63, 3.8) is 0 Å². The summed E-state index contributed by atoms with van der Waals surface area (Å²) in [6.45, 7) is 5.09. The van der Waals surface area contributed by atoms with Crippen LogP contribution in [0, 0.1) is 11.6 Å². The van der Waals surface area contributed by atoms with Crippen LogP contribution in [0.1, 0.15) is 31.1 Å². The third-order valence-electron chi connectivity index (χ3n) is 2.95. The first-order chi connectivity index (χ1) is 11.6. The second-order valence-corrected chi connectivity index (χ2v) is 7.15. The van der Waals surface area contributed by atoms with Crippen molar-refractivity contribution >= 4 is 28.4 Å². The summed E-state index contributed by atoms with van der Waals surface area (Å²) in [5.74, 6) is -2.18. The van der Waals surface area contributed by atoms with E-state index < -0.39 is 29.3 Å². The van der Waals surface area contributed by atoms with Crippen molar-refractivity contribution in [2.45, 2.75) is 26.4 Å². The predicted molar refractivity (Wildman–Crippen MR) is 90.9 cm³/mol. The Labute approximate surface area is 147 Å². The number of carbonyl (C=O) groups is 2. The molecule has 1 aromatic carbocycles. The third kappa shape index (κ3) is 4.76. The van der Waals surface area contributed by atoms with Crippen LogP contribution in [-0.4, -0.2) is 24.8 Å². The summed E-state index contributed by atoms with van der Waals surface area (Å²) >= 11 is 0.955. The molecule has 0 bridgehead atoms. The molecule has 0 atom stereocenters. The molecule has 0 unspecified atom stereocenters. The van der Waals surface area contributed by atoms with Crippen LogP contribution in [0.15, 0.2) is 24.3 Å². The molecular weight excluding hydrogens is 352 g/mol. The predicted octanol–water partition coefficient (Wildman–Crippen LogP) is 4.83. The molecule has 2 aromatic rings. The lowest BCUT2D eigenvalue weighted by atomic mass is 10.1. The number of benzene rings is 1. The van der Waals surface area contributed by atoms with Crippen LogP contribution in [0.5, 0.6) is 0 Å². The lowest BCUT2D eigenvalue weighted by molar-refractivity contribution is 0.0602. The lowest BCUT2D eigenvalue weighted by Crippen LogP contribution is -2.27. The number of nitrogens with one attached hydrogen (secondary N) is 1. The van der Waals surface area contributed by atoms with Gasteiger partial charge >= 0.3 is 12.1 Å². The highest BCUT2D eigenvalue weighted by atomic mass is 32.1. The highest BCUT2D eigenvalue weighted by molar-refractivity contribution is 7.20. The van der Waals surface area contributed by atoms with Crippen LogP contribution < -0.4 is 5.32 Å². The maximum absolute atomic E-state index is 14.0. The fourth-order valence-electron chi connectivity index (χ4n) is 1.96. The van der Waals surface area contributed by atoms with Crippen molar-refractivity contribution in [3.05, 3.63) is 41.5 Å². The maximum atomic E-state index is 14.0. The van der Waals surface area contributed by atoms with Crippen molar-refractivity contribution in [1.29, 1.82) is 0 Å². The first kappa shape index (κ1) is 18.9. The summed E-state index contributed by atoms with van der Waals surface area (Å²) in [6, 6.07) is 4.49. The van der Waals surface area contributed by atoms with E-state index in [9.17, 15) is 18.4 Å². The highest BCUT2D eigenvalue weighted by Gasteiger charge is 2.23. The van der Waals surface area contributed by atoms with E-state index in [0.29, 0.717) is 4.88 Å². The average molecular weight is 369 g/mol. The molecule has 0 radical (unpaired) electrons. The van der Waals surface area contributed by atoms with E-state index in [0.717, 1.165) is 23.5 Å². The van der Waals surface area contributed by atoms with Crippen LogP contribution in [0.25, 0.3) is 10.4 Å². The van der Waals surface area contributed by atoms with E-state index in [4.69, 9.17) is 4.74 Å². The zero-order valence-corrected chi connectivity index (χ0v) is 14.9. The highest BCUT2D eigenvalue weighted by Crippen LogP contribution is 2.37. The molecule has 0 aliphatic rings. The Morgan fingerprint density at radius 1 is 1.16 bits per heavy atom. The van der Waals surface area contributed by atoms with Crippen molar-refractivity contribution in [2.24, 2.45) is 0 Å². The fourth-order valence-corrected chi connectivity index (χ4v) is 3.02. The quantitative estimate of drug-likeness (QED) is 0.788. The van der Waals surface area contributed by atoms with Gasteiger partial charge in [-0.15, -0.1) is 11.3 Å². The van der Waals surface area contributed by atoms with Crippen LogP contribution in [0.2, 0.25) is 0 Å². The molecular formula is C17H17F2NO4S. The lowest BCUT2D eigenvalue weighted by Gasteiger charge is -2.19. The Hall–Kier alpha value is -2.48. The minimum atomic E-state index is -0.776. The van der Waals surface area contributed by atoms with Gasteiger partial charge in [-0.1, -0.05) is 0 Å². The molecule has 0 fully saturated rings. The van der Waals surface area contributed by atoms with Gasteiger partial charge in [0.05, 0.1) is 12.7 Å². The van der Waals surface area contributed by atoms with Crippen molar-refractivity contribution < 1.29 is 27.8 Å². The second kappa shape index (κ2) is 7.18. The number of carbonyl (C=O) groups excluding carboxylic acids is 2. The van der Waals surface area contributed by atoms with Gasteiger partial charge in [-0.05, 0) is 39.0 Å². The minimum Gasteiger partial charge on any atom is -0.465 e. The van der Waals surface area contributed by atoms with Gasteiger partial charge in [-0.2, -0.15) is 0 Å². The molecule has 5 nitrogen and oxygen atoms in total. The summed E-state index contributed by atoms with van der Waals surface area (Å²) in [6.07, 6.45) is -0.759. The number of thiophene rings is 1. The Balaban J connectivity index is 2.40. The average Bonchev–Trinajstić information content (AvgIpc) is 2.87. The number of halogens is 2. The third-order valence-corrected chi connectivity index (χ3v) is 4.03. The Morgan fingerprint density at radius 3 is 2.40 bits per heavy atom. The largest absolute Gasteiger partial charge is 0.465 e. The van der Waals surface area contributed by atoms with E-state index in [1.807, 2.05) is 0 Å². The normalized spacial score (nSPS) is 11.1.